The van der Waals surface area contributed by atoms with Crippen LogP contribution in [0.2, 0.25) is 0 Å². The molecule has 2 aliphatic rings. The van der Waals surface area contributed by atoms with Gasteiger partial charge in [-0.15, -0.1) is 11.3 Å². The summed E-state index contributed by atoms with van der Waals surface area (Å²) >= 11 is 1.82. The van der Waals surface area contributed by atoms with Crippen molar-refractivity contribution in [3.05, 3.63) is 16.3 Å². The molecule has 7 heteroatoms. The third-order valence-corrected chi connectivity index (χ3v) is 6.58. The molecule has 25 heavy (non-hydrogen) atoms. The average Bonchev–Trinajstić information content (AvgIpc) is 3.08. The first kappa shape index (κ1) is 16.7. The number of aromatic nitrogens is 2. The van der Waals surface area contributed by atoms with Gasteiger partial charge in [0.05, 0.1) is 11.9 Å². The van der Waals surface area contributed by atoms with E-state index in [1.807, 2.05) is 30.1 Å². The molecule has 0 bridgehead atoms. The van der Waals surface area contributed by atoms with E-state index < -0.39 is 5.97 Å². The maximum Gasteiger partial charge on any atom is 0.317 e. The molecule has 0 radical (unpaired) electrons. The maximum atomic E-state index is 11.0. The normalized spacial score (nSPS) is 22.2. The average molecular weight is 360 g/mol. The van der Waals surface area contributed by atoms with Crippen LogP contribution in [0.15, 0.2) is 0 Å². The molecule has 2 aromatic heterocycles. The van der Waals surface area contributed by atoms with Crippen molar-refractivity contribution in [3.8, 4) is 0 Å². The largest absolute Gasteiger partial charge is 0.480 e. The van der Waals surface area contributed by atoms with Crippen LogP contribution in [0, 0.1) is 6.92 Å². The number of hydrogen-bond donors (Lipinski definition) is 2. The predicted octanol–water partition coefficient (Wildman–Crippen LogP) is 2.84. The van der Waals surface area contributed by atoms with E-state index in [2.05, 4.69) is 15.3 Å². The minimum absolute atomic E-state index is 0.128. The number of fused-ring (bicyclic) bond motifs is 3. The van der Waals surface area contributed by atoms with Crippen molar-refractivity contribution in [2.75, 3.05) is 18.4 Å². The van der Waals surface area contributed by atoms with Gasteiger partial charge in [0.2, 0.25) is 0 Å². The summed E-state index contributed by atoms with van der Waals surface area (Å²) in [5, 5.41) is 13.9. The summed E-state index contributed by atoms with van der Waals surface area (Å²) in [6, 6.07) is 0.715. The van der Waals surface area contributed by atoms with Crippen molar-refractivity contribution in [2.45, 2.75) is 58.0 Å². The van der Waals surface area contributed by atoms with E-state index in [1.165, 1.54) is 28.7 Å². The Balaban J connectivity index is 1.50. The SMILES string of the molecule is CCN(CC(=O)O)C1CC(Nc2nc(C)nc3sc4c(c23)CCC4)C1. The van der Waals surface area contributed by atoms with E-state index in [4.69, 9.17) is 5.11 Å². The third-order valence-electron chi connectivity index (χ3n) is 5.39. The first-order chi connectivity index (χ1) is 12.0. The second-order valence-electron chi connectivity index (χ2n) is 7.08. The number of nitrogens with one attached hydrogen (secondary N) is 1. The maximum absolute atomic E-state index is 11.0. The minimum atomic E-state index is -0.750. The Bertz CT molecular complexity index is 813. The van der Waals surface area contributed by atoms with Gasteiger partial charge in [-0.25, -0.2) is 9.97 Å². The van der Waals surface area contributed by atoms with Gasteiger partial charge in [0.1, 0.15) is 16.5 Å². The number of anilines is 1. The molecule has 2 N–H and O–H groups in total. The van der Waals surface area contributed by atoms with Crippen LogP contribution < -0.4 is 5.32 Å². The number of carboxylic acid groups (broad SMARTS) is 1. The van der Waals surface area contributed by atoms with Crippen molar-refractivity contribution in [1.29, 1.82) is 0 Å². The quantitative estimate of drug-likeness (QED) is 0.825. The third kappa shape index (κ3) is 3.11. The first-order valence-electron chi connectivity index (χ1n) is 9.06. The van der Waals surface area contributed by atoms with E-state index in [0.717, 1.165) is 42.3 Å². The molecular formula is C18H24N4O2S. The molecule has 0 aliphatic heterocycles. The lowest BCUT2D eigenvalue weighted by molar-refractivity contribution is -0.139. The van der Waals surface area contributed by atoms with Crippen LogP contribution in [-0.2, 0) is 17.6 Å². The molecule has 0 atom stereocenters. The molecule has 0 amide bonds. The Kier molecular flexibility index (Phi) is 4.37. The standard InChI is InChI=1S/C18H24N4O2S/c1-3-22(9-15(23)24)12-7-11(8-12)21-17-16-13-5-4-6-14(13)25-18(16)20-10(2)19-17/h11-12H,3-9H2,1-2H3,(H,23,24)(H,19,20,21). The number of likely N-dealkylation sites (N-methyl/N-ethyl adjacent to an activating group) is 1. The van der Waals surface area contributed by atoms with Crippen molar-refractivity contribution in [3.63, 3.8) is 0 Å². The Morgan fingerprint density at radius 3 is 2.88 bits per heavy atom. The van der Waals surface area contributed by atoms with Crippen LogP contribution in [0.25, 0.3) is 10.2 Å². The van der Waals surface area contributed by atoms with E-state index in [0.29, 0.717) is 12.1 Å². The summed E-state index contributed by atoms with van der Waals surface area (Å²) in [7, 11) is 0. The van der Waals surface area contributed by atoms with Crippen LogP contribution in [0.4, 0.5) is 5.82 Å². The highest BCUT2D eigenvalue weighted by Crippen LogP contribution is 2.40. The van der Waals surface area contributed by atoms with Crippen molar-refractivity contribution >= 4 is 33.3 Å². The van der Waals surface area contributed by atoms with Gasteiger partial charge in [-0.05, 0) is 51.1 Å². The lowest BCUT2D eigenvalue weighted by atomic mass is 9.85. The molecule has 2 aliphatic carbocycles. The monoisotopic (exact) mass is 360 g/mol. The fourth-order valence-corrected chi connectivity index (χ4v) is 5.38. The summed E-state index contributed by atoms with van der Waals surface area (Å²) in [6.07, 6.45) is 5.47. The number of nitrogens with zero attached hydrogens (tertiary/aromatic N) is 3. The van der Waals surface area contributed by atoms with E-state index in [9.17, 15) is 4.79 Å². The highest BCUT2D eigenvalue weighted by molar-refractivity contribution is 7.19. The molecule has 0 saturated heterocycles. The molecule has 0 aromatic carbocycles. The number of thiophene rings is 1. The molecule has 4 rings (SSSR count). The van der Waals surface area contributed by atoms with Gasteiger partial charge in [-0.3, -0.25) is 9.69 Å². The van der Waals surface area contributed by atoms with Gasteiger partial charge in [0, 0.05) is 17.0 Å². The molecule has 1 saturated carbocycles. The second kappa shape index (κ2) is 6.53. The lowest BCUT2D eigenvalue weighted by Gasteiger charge is -2.42. The topological polar surface area (TPSA) is 78.4 Å². The number of carboxylic acids is 1. The fourth-order valence-electron chi connectivity index (χ4n) is 4.08. The number of hydrogen-bond acceptors (Lipinski definition) is 6. The summed E-state index contributed by atoms with van der Waals surface area (Å²) < 4.78 is 0. The molecule has 134 valence electrons. The molecule has 2 aromatic rings. The number of aliphatic carboxylic acids is 1. The van der Waals surface area contributed by atoms with E-state index >= 15 is 0 Å². The highest BCUT2D eigenvalue weighted by atomic mass is 32.1. The van der Waals surface area contributed by atoms with Crippen molar-refractivity contribution in [1.82, 2.24) is 14.9 Å². The van der Waals surface area contributed by atoms with Crippen LogP contribution in [-0.4, -0.2) is 51.1 Å². The Hall–Kier alpha value is -1.73. The van der Waals surface area contributed by atoms with Crippen molar-refractivity contribution < 1.29 is 9.90 Å². The zero-order valence-corrected chi connectivity index (χ0v) is 15.5. The van der Waals surface area contributed by atoms with E-state index in [-0.39, 0.29) is 6.54 Å². The summed E-state index contributed by atoms with van der Waals surface area (Å²) in [5.41, 5.74) is 1.44. The van der Waals surface area contributed by atoms with Crippen LogP contribution in [0.1, 0.15) is 42.5 Å². The van der Waals surface area contributed by atoms with Gasteiger partial charge in [0.25, 0.3) is 0 Å². The Morgan fingerprint density at radius 2 is 2.16 bits per heavy atom. The smallest absolute Gasteiger partial charge is 0.317 e. The van der Waals surface area contributed by atoms with Gasteiger partial charge in [0.15, 0.2) is 0 Å². The summed E-state index contributed by atoms with van der Waals surface area (Å²) in [5.74, 6) is 1.04. The van der Waals surface area contributed by atoms with Crippen LogP contribution in [0.3, 0.4) is 0 Å². The van der Waals surface area contributed by atoms with Gasteiger partial charge in [-0.2, -0.15) is 0 Å². The second-order valence-corrected chi connectivity index (χ2v) is 8.16. The number of carbonyl (C=O) groups is 1. The molecule has 6 nitrogen and oxygen atoms in total. The zero-order chi connectivity index (χ0) is 17.6. The molecule has 2 heterocycles. The van der Waals surface area contributed by atoms with Crippen molar-refractivity contribution in [2.24, 2.45) is 0 Å². The van der Waals surface area contributed by atoms with Crippen LogP contribution >= 0.6 is 11.3 Å². The summed E-state index contributed by atoms with van der Waals surface area (Å²) in [4.78, 5) is 24.9. The molecule has 0 spiro atoms. The Morgan fingerprint density at radius 1 is 1.36 bits per heavy atom. The number of aryl methyl sites for hydroxylation is 3. The Labute approximate surface area is 151 Å². The van der Waals surface area contributed by atoms with Crippen LogP contribution in [0.5, 0.6) is 0 Å². The molecule has 0 unspecified atom stereocenters. The van der Waals surface area contributed by atoms with E-state index in [1.54, 1.807) is 0 Å². The fraction of sp³-hybridized carbons (Fsp3) is 0.611. The zero-order valence-electron chi connectivity index (χ0n) is 14.7. The first-order valence-corrected chi connectivity index (χ1v) is 9.88. The molecule has 1 fully saturated rings. The number of rotatable bonds is 6. The molecular weight excluding hydrogens is 336 g/mol. The minimum Gasteiger partial charge on any atom is -0.480 e. The van der Waals surface area contributed by atoms with Gasteiger partial charge < -0.3 is 10.4 Å². The van der Waals surface area contributed by atoms with Gasteiger partial charge >= 0.3 is 5.97 Å². The highest BCUT2D eigenvalue weighted by Gasteiger charge is 2.34. The lowest BCUT2D eigenvalue weighted by Crippen LogP contribution is -2.51. The predicted molar refractivity (Wildman–Crippen MR) is 99.5 cm³/mol. The summed E-state index contributed by atoms with van der Waals surface area (Å²) in [6.45, 7) is 4.88. The van der Waals surface area contributed by atoms with Gasteiger partial charge in [-0.1, -0.05) is 6.92 Å².